The van der Waals surface area contributed by atoms with E-state index in [2.05, 4.69) is 20.9 Å². The maximum absolute atomic E-state index is 12.7. The van der Waals surface area contributed by atoms with Gasteiger partial charge >= 0.3 is 0 Å². The van der Waals surface area contributed by atoms with Crippen LogP contribution in [0.2, 0.25) is 0 Å². The zero-order chi connectivity index (χ0) is 11.8. The van der Waals surface area contributed by atoms with E-state index < -0.39 is 36.5 Å². The summed E-state index contributed by atoms with van der Waals surface area (Å²) in [5.74, 6) is -1.22. The molecule has 1 heterocycles. The second-order valence-corrected chi connectivity index (χ2v) is 5.72. The van der Waals surface area contributed by atoms with Crippen LogP contribution in [0.1, 0.15) is 12.0 Å². The first-order valence-electron chi connectivity index (χ1n) is 3.32. The Kier molecular flexibility index (Phi) is 3.62. The first-order valence-corrected chi connectivity index (χ1v) is 6.42. The van der Waals surface area contributed by atoms with Crippen LogP contribution < -0.4 is 0 Å². The Balaban J connectivity index is 3.62. The summed E-state index contributed by atoms with van der Waals surface area (Å²) in [6, 6.07) is 0.632. The molecule has 0 aliphatic rings. The molecule has 0 atom stereocenters. The number of nitrogens with zero attached hydrogens (tertiary/aromatic N) is 1. The molecule has 0 N–H and O–H groups in total. The minimum absolute atomic E-state index is 0.399. The molecule has 0 fully saturated rings. The normalized spacial score (nSPS) is 12.1. The smallest absolute Gasteiger partial charge is 0.206 e. The van der Waals surface area contributed by atoms with Gasteiger partial charge in [0.15, 0.2) is 5.03 Å². The van der Waals surface area contributed by atoms with Crippen LogP contribution in [0.3, 0.4) is 0 Å². The minimum Gasteiger partial charge on any atom is -0.206 e. The van der Waals surface area contributed by atoms with E-state index in [9.17, 15) is 21.6 Å². The lowest BCUT2D eigenvalue weighted by Gasteiger charge is -2.07. The van der Waals surface area contributed by atoms with Gasteiger partial charge in [0.25, 0.3) is 15.5 Å². The monoisotopic (exact) mass is 323 g/mol. The predicted octanol–water partition coefficient (Wildman–Crippen LogP) is 2.85. The molecule has 0 aromatic carbocycles. The summed E-state index contributed by atoms with van der Waals surface area (Å²) < 4.78 is 58.9. The molecule has 9 heteroatoms. The molecule has 1 aromatic rings. The van der Waals surface area contributed by atoms with E-state index in [0.717, 1.165) is 0 Å². The summed E-state index contributed by atoms with van der Waals surface area (Å²) in [7, 11) is 0.328. The van der Waals surface area contributed by atoms with Gasteiger partial charge in [-0.25, -0.2) is 22.2 Å². The predicted molar refractivity (Wildman–Crippen MR) is 49.9 cm³/mol. The van der Waals surface area contributed by atoms with Crippen LogP contribution in [0.4, 0.5) is 13.2 Å². The van der Waals surface area contributed by atoms with Gasteiger partial charge in [0.1, 0.15) is 0 Å². The first kappa shape index (κ1) is 12.7. The quantitative estimate of drug-likeness (QED) is 0.621. The topological polar surface area (TPSA) is 47.0 Å². The van der Waals surface area contributed by atoms with Crippen molar-refractivity contribution < 1.29 is 21.6 Å². The molecule has 1 aromatic heterocycles. The van der Waals surface area contributed by atoms with Crippen LogP contribution in [0.25, 0.3) is 0 Å². The summed E-state index contributed by atoms with van der Waals surface area (Å²) in [6.45, 7) is 0. The number of aromatic nitrogens is 1. The lowest BCUT2D eigenvalue weighted by atomic mass is 10.3. The summed E-state index contributed by atoms with van der Waals surface area (Å²) in [5.41, 5.74) is -0.952. The molecule has 0 unspecified atom stereocenters. The van der Waals surface area contributed by atoms with Gasteiger partial charge in [0, 0.05) is 21.2 Å². The maximum atomic E-state index is 12.7. The van der Waals surface area contributed by atoms with Crippen LogP contribution in [-0.4, -0.2) is 13.4 Å². The molecule has 0 amide bonds. The Hall–Kier alpha value is -0.340. The molecular weight excluding hydrogens is 322 g/mol. The molecule has 0 saturated carbocycles. The third kappa shape index (κ3) is 2.82. The van der Waals surface area contributed by atoms with Crippen LogP contribution in [0.5, 0.6) is 0 Å². The molecule has 3 nitrogen and oxygen atoms in total. The summed E-state index contributed by atoms with van der Waals surface area (Å²) >= 11 is 2.61. The second-order valence-electron chi connectivity index (χ2n) is 2.38. The molecule has 0 aliphatic heterocycles. The van der Waals surface area contributed by atoms with Gasteiger partial charge < -0.3 is 0 Å². The Morgan fingerprint density at radius 2 is 2.00 bits per heavy atom. The highest BCUT2D eigenvalue weighted by Crippen LogP contribution is 2.33. The molecule has 0 radical (unpaired) electrons. The van der Waals surface area contributed by atoms with Crippen LogP contribution >= 0.6 is 26.6 Å². The molecule has 0 bridgehead atoms. The van der Waals surface area contributed by atoms with Gasteiger partial charge in [-0.15, -0.1) is 0 Å². The van der Waals surface area contributed by atoms with Crippen molar-refractivity contribution in [3.05, 3.63) is 22.1 Å². The van der Waals surface area contributed by atoms with Crippen molar-refractivity contribution >= 4 is 35.7 Å². The largest absolute Gasteiger partial charge is 0.279 e. The van der Waals surface area contributed by atoms with Gasteiger partial charge in [0.05, 0.1) is 5.56 Å². The lowest BCUT2D eigenvalue weighted by Crippen LogP contribution is -2.05. The highest BCUT2D eigenvalue weighted by Gasteiger charge is 2.27. The Labute approximate surface area is 95.8 Å². The number of halogens is 5. The van der Waals surface area contributed by atoms with Crippen LogP contribution in [-0.2, 0) is 9.05 Å². The van der Waals surface area contributed by atoms with Crippen molar-refractivity contribution in [3.63, 3.8) is 0 Å². The average molecular weight is 325 g/mol. The number of rotatable bonds is 2. The van der Waals surface area contributed by atoms with E-state index in [4.69, 9.17) is 10.7 Å². The number of alkyl halides is 2. The fourth-order valence-corrected chi connectivity index (χ4v) is 2.55. The van der Waals surface area contributed by atoms with E-state index in [-0.39, 0.29) is 0 Å². The molecular formula is C6H2BrClF3NO2S. The summed E-state index contributed by atoms with van der Waals surface area (Å²) in [5, 5.41) is -1.17. The number of pyridine rings is 1. The summed E-state index contributed by atoms with van der Waals surface area (Å²) in [4.78, 5) is 2.83. The third-order valence-electron chi connectivity index (χ3n) is 1.39. The highest BCUT2D eigenvalue weighted by atomic mass is 79.9. The first-order chi connectivity index (χ1) is 6.73. The number of hydrogen-bond acceptors (Lipinski definition) is 3. The van der Waals surface area contributed by atoms with Gasteiger partial charge in [-0.2, -0.15) is 4.39 Å². The van der Waals surface area contributed by atoms with E-state index in [1.54, 1.807) is 0 Å². The van der Waals surface area contributed by atoms with Gasteiger partial charge in [-0.3, -0.25) is 0 Å². The number of hydrogen-bond donors (Lipinski definition) is 0. The van der Waals surface area contributed by atoms with Crippen molar-refractivity contribution in [2.45, 2.75) is 11.5 Å². The van der Waals surface area contributed by atoms with Gasteiger partial charge in [0.2, 0.25) is 5.95 Å². The minimum atomic E-state index is -4.51. The van der Waals surface area contributed by atoms with Gasteiger partial charge in [-0.05, 0) is 0 Å². The summed E-state index contributed by atoms with van der Waals surface area (Å²) in [6.07, 6.45) is -3.13. The molecule has 0 aliphatic carbocycles. The van der Waals surface area contributed by atoms with Gasteiger partial charge in [-0.1, -0.05) is 15.9 Å². The fourth-order valence-electron chi connectivity index (χ4n) is 0.857. The van der Waals surface area contributed by atoms with Crippen molar-refractivity contribution in [1.29, 1.82) is 0 Å². The fraction of sp³-hybridized carbons (Fsp3) is 0.167. The van der Waals surface area contributed by atoms with Crippen molar-refractivity contribution in [3.8, 4) is 0 Å². The van der Waals surface area contributed by atoms with E-state index >= 15 is 0 Å². The van der Waals surface area contributed by atoms with Crippen molar-refractivity contribution in [2.24, 2.45) is 0 Å². The lowest BCUT2D eigenvalue weighted by molar-refractivity contribution is 0.145. The highest BCUT2D eigenvalue weighted by molar-refractivity contribution is 9.10. The van der Waals surface area contributed by atoms with Crippen molar-refractivity contribution in [2.75, 3.05) is 0 Å². The Morgan fingerprint density at radius 3 is 2.40 bits per heavy atom. The van der Waals surface area contributed by atoms with E-state index in [1.165, 1.54) is 0 Å². The third-order valence-corrected chi connectivity index (χ3v) is 3.26. The molecule has 84 valence electrons. The van der Waals surface area contributed by atoms with E-state index in [0.29, 0.717) is 6.07 Å². The molecule has 1 rings (SSSR count). The second kappa shape index (κ2) is 4.26. The standard InChI is InChI=1S/C6H2BrClF3NO2S/c7-2-1-3(9)12-6(15(8,13)14)4(2)5(10)11/h1,5H. The maximum Gasteiger partial charge on any atom is 0.279 e. The van der Waals surface area contributed by atoms with E-state index in [1.807, 2.05) is 0 Å². The Morgan fingerprint density at radius 1 is 1.47 bits per heavy atom. The van der Waals surface area contributed by atoms with Crippen molar-refractivity contribution in [1.82, 2.24) is 4.98 Å². The zero-order valence-electron chi connectivity index (χ0n) is 6.72. The molecule has 0 saturated heterocycles. The molecule has 15 heavy (non-hydrogen) atoms. The average Bonchev–Trinajstić information content (AvgIpc) is 1.99. The SMILES string of the molecule is O=S(=O)(Cl)c1nc(F)cc(Br)c1C(F)F. The molecule has 0 spiro atoms. The zero-order valence-corrected chi connectivity index (χ0v) is 9.87. The Bertz CT molecular complexity index is 493. The van der Waals surface area contributed by atoms with Crippen LogP contribution in [0, 0.1) is 5.95 Å². The van der Waals surface area contributed by atoms with Crippen LogP contribution in [0.15, 0.2) is 15.6 Å².